The Morgan fingerprint density at radius 1 is 1.13 bits per heavy atom. The number of imidazole rings is 2. The van der Waals surface area contributed by atoms with Crippen LogP contribution in [0.15, 0.2) is 24.8 Å². The second kappa shape index (κ2) is 3.84. The van der Waals surface area contributed by atoms with Crippen molar-refractivity contribution in [3.63, 3.8) is 0 Å². The molecule has 0 spiro atoms. The van der Waals surface area contributed by atoms with Crippen molar-refractivity contribution in [3.05, 3.63) is 36.4 Å². The molecule has 0 radical (unpaired) electrons. The third kappa shape index (κ3) is 1.64. The van der Waals surface area contributed by atoms with Crippen molar-refractivity contribution < 1.29 is 0 Å². The molecule has 6 heteroatoms. The second-order valence-corrected chi connectivity index (χ2v) is 3.39. The molecule has 0 saturated heterocycles. The van der Waals surface area contributed by atoms with E-state index in [1.165, 1.54) is 0 Å². The molecule has 2 aromatic rings. The van der Waals surface area contributed by atoms with E-state index in [0.717, 1.165) is 11.6 Å². The largest absolute Gasteiger partial charge is 0.336 e. The molecule has 0 unspecified atom stereocenters. The highest BCUT2D eigenvalue weighted by Gasteiger charge is 2.20. The maximum Gasteiger partial charge on any atom is 0.137 e. The van der Waals surface area contributed by atoms with Gasteiger partial charge in [-0.15, -0.1) is 0 Å². The standard InChI is InChI=1S/C9H14N6/c1-14-5-3-11-8(14)7(13-10)9-12-4-6-15(9)2/h3-7,13H,10H2,1-2H3. The molecule has 2 rings (SSSR count). The molecule has 0 aromatic carbocycles. The van der Waals surface area contributed by atoms with Crippen molar-refractivity contribution in [2.24, 2.45) is 19.9 Å². The summed E-state index contributed by atoms with van der Waals surface area (Å²) in [5.74, 6) is 7.22. The maximum atomic E-state index is 5.54. The van der Waals surface area contributed by atoms with Crippen LogP contribution in [0.4, 0.5) is 0 Å². The van der Waals surface area contributed by atoms with E-state index in [9.17, 15) is 0 Å². The summed E-state index contributed by atoms with van der Waals surface area (Å²) in [4.78, 5) is 8.50. The Morgan fingerprint density at radius 2 is 1.60 bits per heavy atom. The number of nitrogens with two attached hydrogens (primary N) is 1. The maximum absolute atomic E-state index is 5.54. The molecule has 0 atom stereocenters. The first-order chi connectivity index (χ1) is 7.24. The zero-order valence-corrected chi connectivity index (χ0v) is 8.75. The predicted molar refractivity (Wildman–Crippen MR) is 55.6 cm³/mol. The van der Waals surface area contributed by atoms with Crippen molar-refractivity contribution >= 4 is 0 Å². The summed E-state index contributed by atoms with van der Waals surface area (Å²) in [5.41, 5.74) is 2.72. The van der Waals surface area contributed by atoms with Crippen LogP contribution in [0.1, 0.15) is 17.7 Å². The van der Waals surface area contributed by atoms with Gasteiger partial charge in [0.2, 0.25) is 0 Å². The van der Waals surface area contributed by atoms with E-state index in [4.69, 9.17) is 5.84 Å². The van der Waals surface area contributed by atoms with Gasteiger partial charge in [-0.3, -0.25) is 5.84 Å². The van der Waals surface area contributed by atoms with Crippen LogP contribution in [0.2, 0.25) is 0 Å². The van der Waals surface area contributed by atoms with Crippen LogP contribution in [0.3, 0.4) is 0 Å². The Kier molecular flexibility index (Phi) is 2.53. The molecule has 0 amide bonds. The zero-order valence-electron chi connectivity index (χ0n) is 8.75. The number of hydrazine groups is 1. The highest BCUT2D eigenvalue weighted by molar-refractivity contribution is 5.12. The van der Waals surface area contributed by atoms with Gasteiger partial charge in [0.25, 0.3) is 0 Å². The summed E-state index contributed by atoms with van der Waals surface area (Å²) in [7, 11) is 3.85. The molecular weight excluding hydrogens is 192 g/mol. The minimum absolute atomic E-state index is 0.190. The summed E-state index contributed by atoms with van der Waals surface area (Å²) >= 11 is 0. The normalized spacial score (nSPS) is 11.2. The average Bonchev–Trinajstić information content (AvgIpc) is 2.80. The smallest absolute Gasteiger partial charge is 0.137 e. The summed E-state index contributed by atoms with van der Waals surface area (Å²) in [6.45, 7) is 0. The van der Waals surface area contributed by atoms with Crippen LogP contribution in [-0.4, -0.2) is 19.1 Å². The number of rotatable bonds is 3. The van der Waals surface area contributed by atoms with Crippen molar-refractivity contribution in [2.75, 3.05) is 0 Å². The number of nitrogens with zero attached hydrogens (tertiary/aromatic N) is 4. The first kappa shape index (κ1) is 9.88. The third-order valence-corrected chi connectivity index (χ3v) is 2.40. The molecule has 0 aliphatic rings. The van der Waals surface area contributed by atoms with Crippen LogP contribution in [0.25, 0.3) is 0 Å². The highest BCUT2D eigenvalue weighted by Crippen LogP contribution is 2.16. The quantitative estimate of drug-likeness (QED) is 0.534. The fourth-order valence-corrected chi connectivity index (χ4v) is 1.58. The van der Waals surface area contributed by atoms with Gasteiger partial charge in [-0.05, 0) is 0 Å². The number of hydrogen-bond acceptors (Lipinski definition) is 4. The number of aromatic nitrogens is 4. The Hall–Kier alpha value is -1.66. The number of nitrogens with one attached hydrogen (secondary N) is 1. The second-order valence-electron chi connectivity index (χ2n) is 3.39. The van der Waals surface area contributed by atoms with E-state index in [1.54, 1.807) is 12.4 Å². The Labute approximate surface area is 87.7 Å². The minimum Gasteiger partial charge on any atom is -0.336 e. The van der Waals surface area contributed by atoms with Gasteiger partial charge in [-0.1, -0.05) is 0 Å². The van der Waals surface area contributed by atoms with Crippen LogP contribution in [-0.2, 0) is 14.1 Å². The molecule has 3 N–H and O–H groups in total. The molecule has 0 bridgehead atoms. The first-order valence-corrected chi connectivity index (χ1v) is 4.64. The van der Waals surface area contributed by atoms with Crippen molar-refractivity contribution in [2.45, 2.75) is 6.04 Å². The van der Waals surface area contributed by atoms with Crippen molar-refractivity contribution in [1.29, 1.82) is 0 Å². The molecule has 2 heterocycles. The lowest BCUT2D eigenvalue weighted by molar-refractivity contribution is 0.536. The molecule has 15 heavy (non-hydrogen) atoms. The van der Waals surface area contributed by atoms with Crippen molar-refractivity contribution in [3.8, 4) is 0 Å². The SMILES string of the molecule is Cn1ccnc1C(NN)c1nccn1C. The van der Waals surface area contributed by atoms with E-state index >= 15 is 0 Å². The van der Waals surface area contributed by atoms with E-state index in [-0.39, 0.29) is 6.04 Å². The van der Waals surface area contributed by atoms with Crippen molar-refractivity contribution in [1.82, 2.24) is 24.5 Å². The van der Waals surface area contributed by atoms with Gasteiger partial charge < -0.3 is 9.13 Å². The lowest BCUT2D eigenvalue weighted by Crippen LogP contribution is -2.32. The number of aryl methyl sites for hydroxylation is 2. The highest BCUT2D eigenvalue weighted by atomic mass is 15.3. The monoisotopic (exact) mass is 206 g/mol. The van der Waals surface area contributed by atoms with E-state index in [1.807, 2.05) is 35.6 Å². The van der Waals surface area contributed by atoms with E-state index in [0.29, 0.717) is 0 Å². The summed E-state index contributed by atoms with van der Waals surface area (Å²) < 4.78 is 3.83. The molecule has 0 aliphatic heterocycles. The molecule has 0 aliphatic carbocycles. The van der Waals surface area contributed by atoms with Crippen LogP contribution >= 0.6 is 0 Å². The molecule has 2 aromatic heterocycles. The third-order valence-electron chi connectivity index (χ3n) is 2.40. The Balaban J connectivity index is 2.41. The van der Waals surface area contributed by atoms with Gasteiger partial charge in [-0.2, -0.15) is 0 Å². The summed E-state index contributed by atoms with van der Waals surface area (Å²) in [6.07, 6.45) is 7.23. The van der Waals surface area contributed by atoms with Crippen LogP contribution < -0.4 is 11.3 Å². The van der Waals surface area contributed by atoms with E-state index < -0.39 is 0 Å². The number of hydrogen-bond donors (Lipinski definition) is 2. The van der Waals surface area contributed by atoms with Gasteiger partial charge in [0.1, 0.15) is 17.7 Å². The topological polar surface area (TPSA) is 73.7 Å². The summed E-state index contributed by atoms with van der Waals surface area (Å²) in [6, 6.07) is -0.190. The predicted octanol–water partition coefficient (Wildman–Crippen LogP) is -0.294. The lowest BCUT2D eigenvalue weighted by Gasteiger charge is -2.15. The zero-order chi connectivity index (χ0) is 10.8. The van der Waals surface area contributed by atoms with E-state index in [2.05, 4.69) is 15.4 Å². The fourth-order valence-electron chi connectivity index (χ4n) is 1.58. The molecule has 80 valence electrons. The minimum atomic E-state index is -0.190. The Bertz CT molecular complexity index is 403. The fraction of sp³-hybridized carbons (Fsp3) is 0.333. The molecule has 0 fully saturated rings. The van der Waals surface area contributed by atoms with Crippen LogP contribution in [0.5, 0.6) is 0 Å². The molecular formula is C9H14N6. The Morgan fingerprint density at radius 3 is 1.87 bits per heavy atom. The first-order valence-electron chi connectivity index (χ1n) is 4.64. The molecule has 6 nitrogen and oxygen atoms in total. The summed E-state index contributed by atoms with van der Waals surface area (Å²) in [5, 5.41) is 0. The average molecular weight is 206 g/mol. The van der Waals surface area contributed by atoms with Gasteiger partial charge in [0.15, 0.2) is 0 Å². The lowest BCUT2D eigenvalue weighted by atomic mass is 10.2. The van der Waals surface area contributed by atoms with Gasteiger partial charge in [0.05, 0.1) is 0 Å². The van der Waals surface area contributed by atoms with Crippen LogP contribution in [0, 0.1) is 0 Å². The van der Waals surface area contributed by atoms with Gasteiger partial charge >= 0.3 is 0 Å². The van der Waals surface area contributed by atoms with Gasteiger partial charge in [-0.25, -0.2) is 15.4 Å². The van der Waals surface area contributed by atoms with Gasteiger partial charge in [0, 0.05) is 38.9 Å². The molecule has 0 saturated carbocycles.